The maximum atomic E-state index is 12.1. The molecule has 0 saturated carbocycles. The van der Waals surface area contributed by atoms with Gasteiger partial charge in [-0.2, -0.15) is 0 Å². The van der Waals surface area contributed by atoms with E-state index in [4.69, 9.17) is 5.73 Å². The Morgan fingerprint density at radius 1 is 1.45 bits per heavy atom. The molecule has 0 aliphatic heterocycles. The Bertz CT molecular complexity index is 774. The molecule has 0 aliphatic carbocycles. The predicted octanol–water partition coefficient (Wildman–Crippen LogP) is 2.20. The van der Waals surface area contributed by atoms with Crippen LogP contribution in [0.5, 0.6) is 0 Å². The van der Waals surface area contributed by atoms with Gasteiger partial charge < -0.3 is 5.73 Å². The summed E-state index contributed by atoms with van der Waals surface area (Å²) in [6.07, 6.45) is 1.43. The Morgan fingerprint density at radius 3 is 2.70 bits per heavy atom. The first-order chi connectivity index (χ1) is 9.29. The number of nitro groups is 1. The van der Waals surface area contributed by atoms with E-state index in [9.17, 15) is 18.5 Å². The summed E-state index contributed by atoms with van der Waals surface area (Å²) in [4.78, 5) is 13.4. The smallest absolute Gasteiger partial charge is 0.270 e. The standard InChI is InChI=1S/C9H7BrN4O4S2/c10-8-4-12-9(19-8)13-20(17,18)7-3-5(14(15)16)1-2-6(7)11/h1-4H,11H2,(H,12,13). The molecular weight excluding hydrogens is 372 g/mol. The summed E-state index contributed by atoms with van der Waals surface area (Å²) in [5.74, 6) is 0. The number of thiazole rings is 1. The Kier molecular flexibility index (Phi) is 3.92. The van der Waals surface area contributed by atoms with Crippen LogP contribution in [0.15, 0.2) is 33.1 Å². The number of aromatic nitrogens is 1. The van der Waals surface area contributed by atoms with Gasteiger partial charge in [0.1, 0.15) is 4.90 Å². The van der Waals surface area contributed by atoms with Crippen molar-refractivity contribution in [2.45, 2.75) is 4.90 Å². The molecule has 0 atom stereocenters. The van der Waals surface area contributed by atoms with Crippen molar-refractivity contribution in [1.29, 1.82) is 0 Å². The zero-order valence-corrected chi connectivity index (χ0v) is 12.8. The Balaban J connectivity index is 2.43. The lowest BCUT2D eigenvalue weighted by atomic mass is 10.3. The van der Waals surface area contributed by atoms with Gasteiger partial charge in [0.2, 0.25) is 0 Å². The van der Waals surface area contributed by atoms with Crippen molar-refractivity contribution in [3.05, 3.63) is 38.3 Å². The second-order valence-corrected chi connectivity index (χ2v) is 7.61. The average molecular weight is 379 g/mol. The van der Waals surface area contributed by atoms with Gasteiger partial charge in [-0.3, -0.25) is 14.8 Å². The Hall–Kier alpha value is -1.72. The molecule has 106 valence electrons. The third-order valence-corrected chi connectivity index (χ3v) is 5.11. The number of nitrogens with zero attached hydrogens (tertiary/aromatic N) is 2. The number of benzene rings is 1. The molecule has 1 aromatic carbocycles. The molecule has 0 unspecified atom stereocenters. The fraction of sp³-hybridized carbons (Fsp3) is 0. The quantitative estimate of drug-likeness (QED) is 0.476. The SMILES string of the molecule is Nc1ccc([N+](=O)[O-])cc1S(=O)(=O)Nc1ncc(Br)s1. The molecule has 0 saturated heterocycles. The third kappa shape index (κ3) is 3.05. The molecule has 8 nitrogen and oxygen atoms in total. The van der Waals surface area contributed by atoms with Crippen molar-refractivity contribution < 1.29 is 13.3 Å². The number of nitrogens with one attached hydrogen (secondary N) is 1. The minimum absolute atomic E-state index is 0.0845. The summed E-state index contributed by atoms with van der Waals surface area (Å²) in [7, 11) is -4.04. The van der Waals surface area contributed by atoms with E-state index in [2.05, 4.69) is 25.6 Å². The fourth-order valence-electron chi connectivity index (χ4n) is 1.34. The van der Waals surface area contributed by atoms with Crippen molar-refractivity contribution in [2.24, 2.45) is 0 Å². The van der Waals surface area contributed by atoms with E-state index >= 15 is 0 Å². The number of rotatable bonds is 4. The molecule has 11 heteroatoms. The first-order valence-corrected chi connectivity index (χ1v) is 8.07. The van der Waals surface area contributed by atoms with E-state index in [-0.39, 0.29) is 21.4 Å². The number of nitrogen functional groups attached to an aromatic ring is 1. The molecule has 0 spiro atoms. The molecule has 0 fully saturated rings. The summed E-state index contributed by atoms with van der Waals surface area (Å²) in [6, 6.07) is 3.21. The lowest BCUT2D eigenvalue weighted by Crippen LogP contribution is -2.15. The summed E-state index contributed by atoms with van der Waals surface area (Å²) in [6.45, 7) is 0. The van der Waals surface area contributed by atoms with Gasteiger partial charge in [-0.05, 0) is 22.0 Å². The van der Waals surface area contributed by atoms with Crippen molar-refractivity contribution in [3.8, 4) is 0 Å². The van der Waals surface area contributed by atoms with Crippen LogP contribution in [-0.4, -0.2) is 18.3 Å². The number of anilines is 2. The van der Waals surface area contributed by atoms with Gasteiger partial charge in [-0.25, -0.2) is 13.4 Å². The van der Waals surface area contributed by atoms with E-state index in [0.29, 0.717) is 3.79 Å². The largest absolute Gasteiger partial charge is 0.398 e. The van der Waals surface area contributed by atoms with E-state index < -0.39 is 14.9 Å². The van der Waals surface area contributed by atoms with Gasteiger partial charge in [-0.15, -0.1) is 0 Å². The van der Waals surface area contributed by atoms with Gasteiger partial charge in [0.25, 0.3) is 15.7 Å². The highest BCUT2D eigenvalue weighted by Crippen LogP contribution is 2.29. The molecule has 0 bridgehead atoms. The highest BCUT2D eigenvalue weighted by atomic mass is 79.9. The van der Waals surface area contributed by atoms with Crippen LogP contribution in [0.1, 0.15) is 0 Å². The number of sulfonamides is 1. The zero-order valence-electron chi connectivity index (χ0n) is 9.61. The van der Waals surface area contributed by atoms with E-state index in [1.54, 1.807) is 0 Å². The molecule has 0 aliphatic rings. The Morgan fingerprint density at radius 2 is 2.15 bits per heavy atom. The van der Waals surface area contributed by atoms with E-state index in [1.807, 2.05) is 0 Å². The van der Waals surface area contributed by atoms with E-state index in [0.717, 1.165) is 23.5 Å². The number of halogens is 1. The second-order valence-electron chi connectivity index (χ2n) is 3.55. The van der Waals surface area contributed by atoms with Crippen LogP contribution >= 0.6 is 27.3 Å². The molecule has 1 aromatic heterocycles. The maximum absolute atomic E-state index is 12.1. The van der Waals surface area contributed by atoms with Crippen molar-refractivity contribution in [1.82, 2.24) is 4.98 Å². The summed E-state index contributed by atoms with van der Waals surface area (Å²) in [5, 5.41) is 10.8. The van der Waals surface area contributed by atoms with Crippen LogP contribution in [0.3, 0.4) is 0 Å². The second kappa shape index (κ2) is 5.34. The molecule has 2 rings (SSSR count). The lowest BCUT2D eigenvalue weighted by Gasteiger charge is -2.07. The van der Waals surface area contributed by atoms with Gasteiger partial charge >= 0.3 is 0 Å². The highest BCUT2D eigenvalue weighted by molar-refractivity contribution is 9.11. The summed E-state index contributed by atoms with van der Waals surface area (Å²) in [5.41, 5.74) is 5.12. The molecular formula is C9H7BrN4O4S2. The number of nitrogens with two attached hydrogens (primary N) is 1. The van der Waals surface area contributed by atoms with Crippen molar-refractivity contribution >= 4 is 53.8 Å². The first-order valence-electron chi connectivity index (χ1n) is 4.97. The van der Waals surface area contributed by atoms with Crippen LogP contribution in [0.25, 0.3) is 0 Å². The van der Waals surface area contributed by atoms with Gasteiger partial charge in [0.15, 0.2) is 5.13 Å². The van der Waals surface area contributed by atoms with Crippen LogP contribution in [0.4, 0.5) is 16.5 Å². The number of hydrogen-bond acceptors (Lipinski definition) is 7. The topological polar surface area (TPSA) is 128 Å². The van der Waals surface area contributed by atoms with Crippen molar-refractivity contribution in [3.63, 3.8) is 0 Å². The average Bonchev–Trinajstić information content (AvgIpc) is 2.73. The van der Waals surface area contributed by atoms with Crippen molar-refractivity contribution in [2.75, 3.05) is 10.5 Å². The summed E-state index contributed by atoms with van der Waals surface area (Å²) >= 11 is 4.21. The number of hydrogen-bond donors (Lipinski definition) is 2. The normalized spacial score (nSPS) is 11.2. The molecule has 2 aromatic rings. The number of nitro benzene ring substituents is 1. The fourth-order valence-corrected chi connectivity index (χ4v) is 3.84. The number of non-ortho nitro benzene ring substituents is 1. The van der Waals surface area contributed by atoms with Crippen LogP contribution in [0, 0.1) is 10.1 Å². The van der Waals surface area contributed by atoms with Crippen LogP contribution in [-0.2, 0) is 10.0 Å². The molecule has 1 heterocycles. The molecule has 0 radical (unpaired) electrons. The Labute approximate surface area is 126 Å². The highest BCUT2D eigenvalue weighted by Gasteiger charge is 2.22. The van der Waals surface area contributed by atoms with Gasteiger partial charge in [-0.1, -0.05) is 11.3 Å². The maximum Gasteiger partial charge on any atom is 0.270 e. The van der Waals surface area contributed by atoms with Crippen LogP contribution in [0.2, 0.25) is 0 Å². The first kappa shape index (κ1) is 14.7. The predicted molar refractivity (Wildman–Crippen MR) is 78.1 cm³/mol. The van der Waals surface area contributed by atoms with Crippen LogP contribution < -0.4 is 10.5 Å². The molecule has 20 heavy (non-hydrogen) atoms. The molecule has 3 N–H and O–H groups in total. The lowest BCUT2D eigenvalue weighted by molar-refractivity contribution is -0.385. The minimum Gasteiger partial charge on any atom is -0.398 e. The zero-order chi connectivity index (χ0) is 14.9. The third-order valence-electron chi connectivity index (χ3n) is 2.20. The minimum atomic E-state index is -4.04. The van der Waals surface area contributed by atoms with E-state index in [1.165, 1.54) is 12.3 Å². The van der Waals surface area contributed by atoms with Gasteiger partial charge in [0.05, 0.1) is 20.6 Å². The van der Waals surface area contributed by atoms with Gasteiger partial charge in [0, 0.05) is 12.1 Å². The summed E-state index contributed by atoms with van der Waals surface area (Å²) < 4.78 is 27.1. The monoisotopic (exact) mass is 378 g/mol. The molecule has 0 amide bonds.